The molecule has 2 rings (SSSR count). The highest BCUT2D eigenvalue weighted by atomic mass is 35.5. The van der Waals surface area contributed by atoms with Gasteiger partial charge in [0.15, 0.2) is 0 Å². The van der Waals surface area contributed by atoms with Gasteiger partial charge >= 0.3 is 6.09 Å². The third kappa shape index (κ3) is 8.20. The SMILES string of the molecule is CC(C)(C)OC(=O)NCCNC(=O)c1ccc(C(=O)NCc2ccc(Cl)cc2)c(=O)n1CCO. The zero-order chi connectivity index (χ0) is 25.3. The second-order valence-corrected chi connectivity index (χ2v) is 8.74. The smallest absolute Gasteiger partial charge is 0.407 e. The van der Waals surface area contributed by atoms with Gasteiger partial charge in [0, 0.05) is 31.2 Å². The van der Waals surface area contributed by atoms with Crippen molar-refractivity contribution in [3.63, 3.8) is 0 Å². The Kier molecular flexibility index (Phi) is 9.64. The topological polar surface area (TPSA) is 139 Å². The second kappa shape index (κ2) is 12.2. The monoisotopic (exact) mass is 492 g/mol. The number of ether oxygens (including phenoxy) is 1. The van der Waals surface area contributed by atoms with E-state index in [4.69, 9.17) is 16.3 Å². The van der Waals surface area contributed by atoms with Gasteiger partial charge in [-0.3, -0.25) is 14.4 Å². The predicted molar refractivity (Wildman–Crippen MR) is 127 cm³/mol. The summed E-state index contributed by atoms with van der Waals surface area (Å²) in [6.45, 7) is 4.99. The number of carbonyl (C=O) groups excluding carboxylic acids is 3. The van der Waals surface area contributed by atoms with Gasteiger partial charge in [-0.1, -0.05) is 23.7 Å². The van der Waals surface area contributed by atoms with Crippen molar-refractivity contribution in [2.24, 2.45) is 0 Å². The first kappa shape index (κ1) is 26.9. The van der Waals surface area contributed by atoms with Gasteiger partial charge < -0.3 is 30.4 Å². The summed E-state index contributed by atoms with van der Waals surface area (Å²) in [6.07, 6.45) is -0.618. The molecule has 1 aromatic carbocycles. The summed E-state index contributed by atoms with van der Waals surface area (Å²) in [7, 11) is 0. The quantitative estimate of drug-likeness (QED) is 0.393. The number of carbonyl (C=O) groups is 3. The van der Waals surface area contributed by atoms with Gasteiger partial charge in [-0.25, -0.2) is 4.79 Å². The van der Waals surface area contributed by atoms with Gasteiger partial charge in [0.05, 0.1) is 6.61 Å². The summed E-state index contributed by atoms with van der Waals surface area (Å²) in [5.74, 6) is -1.20. The molecule has 2 aromatic rings. The van der Waals surface area contributed by atoms with Crippen LogP contribution in [0.4, 0.5) is 4.79 Å². The fourth-order valence-electron chi connectivity index (χ4n) is 2.90. The minimum atomic E-state index is -0.706. The number of alkyl carbamates (subject to hydrolysis) is 1. The van der Waals surface area contributed by atoms with Crippen LogP contribution in [0.2, 0.25) is 5.02 Å². The molecule has 0 unspecified atom stereocenters. The number of pyridine rings is 1. The number of hydrogen-bond donors (Lipinski definition) is 4. The highest BCUT2D eigenvalue weighted by Gasteiger charge is 2.19. The van der Waals surface area contributed by atoms with Gasteiger partial charge in [-0.15, -0.1) is 0 Å². The predicted octanol–water partition coefficient (Wildman–Crippen LogP) is 1.68. The van der Waals surface area contributed by atoms with Crippen LogP contribution in [0.5, 0.6) is 0 Å². The number of aliphatic hydroxyl groups is 1. The maximum absolute atomic E-state index is 12.9. The Balaban J connectivity index is 2.03. The Bertz CT molecular complexity index is 1080. The molecular weight excluding hydrogens is 464 g/mol. The summed E-state index contributed by atoms with van der Waals surface area (Å²) in [5, 5.41) is 17.7. The van der Waals surface area contributed by atoms with Crippen LogP contribution in [0.1, 0.15) is 47.2 Å². The Labute approximate surface area is 202 Å². The molecule has 0 aliphatic rings. The average molecular weight is 493 g/mol. The maximum atomic E-state index is 12.9. The number of nitrogens with one attached hydrogen (secondary N) is 3. The van der Waals surface area contributed by atoms with E-state index in [1.54, 1.807) is 45.0 Å². The first-order valence-electron chi connectivity index (χ1n) is 10.6. The second-order valence-electron chi connectivity index (χ2n) is 8.31. The van der Waals surface area contributed by atoms with Crippen LogP contribution in [-0.4, -0.2) is 52.9 Å². The highest BCUT2D eigenvalue weighted by molar-refractivity contribution is 6.30. The fourth-order valence-corrected chi connectivity index (χ4v) is 3.02. The van der Waals surface area contributed by atoms with Crippen LogP contribution < -0.4 is 21.5 Å². The van der Waals surface area contributed by atoms with Gasteiger partial charge in [0.1, 0.15) is 16.9 Å². The summed E-state index contributed by atoms with van der Waals surface area (Å²) >= 11 is 5.85. The number of amides is 3. The van der Waals surface area contributed by atoms with Gasteiger partial charge in [0.25, 0.3) is 17.4 Å². The molecule has 10 nitrogen and oxygen atoms in total. The minimum absolute atomic E-state index is 0.0226. The third-order valence-electron chi connectivity index (χ3n) is 4.42. The Morgan fingerprint density at radius 2 is 1.62 bits per heavy atom. The third-order valence-corrected chi connectivity index (χ3v) is 4.67. The van der Waals surface area contributed by atoms with Crippen LogP contribution in [-0.2, 0) is 17.8 Å². The number of aromatic nitrogens is 1. The number of rotatable bonds is 9. The van der Waals surface area contributed by atoms with Crippen molar-refractivity contribution in [1.82, 2.24) is 20.5 Å². The molecule has 0 spiro atoms. The lowest BCUT2D eigenvalue weighted by Crippen LogP contribution is -2.40. The van der Waals surface area contributed by atoms with E-state index in [-0.39, 0.29) is 37.4 Å². The van der Waals surface area contributed by atoms with E-state index in [1.165, 1.54) is 12.1 Å². The summed E-state index contributed by atoms with van der Waals surface area (Å²) < 4.78 is 6.14. The van der Waals surface area contributed by atoms with Gasteiger partial charge in [-0.05, 0) is 50.6 Å². The van der Waals surface area contributed by atoms with E-state index >= 15 is 0 Å². The zero-order valence-corrected chi connectivity index (χ0v) is 20.1. The average Bonchev–Trinajstić information content (AvgIpc) is 2.76. The standard InChI is InChI=1S/C23H29ClN4O6/c1-23(2,3)34-22(33)26-11-10-25-20(31)18-9-8-17(21(32)28(18)12-13-29)19(30)27-14-15-4-6-16(24)7-5-15/h4-9,29H,10-14H2,1-3H3,(H,25,31)(H,26,33)(H,27,30). The van der Waals surface area contributed by atoms with Crippen LogP contribution in [0.25, 0.3) is 0 Å². The molecule has 0 bridgehead atoms. The zero-order valence-electron chi connectivity index (χ0n) is 19.3. The largest absolute Gasteiger partial charge is 0.444 e. The van der Waals surface area contributed by atoms with Crippen LogP contribution in [0.3, 0.4) is 0 Å². The molecule has 1 heterocycles. The van der Waals surface area contributed by atoms with Crippen molar-refractivity contribution in [1.29, 1.82) is 0 Å². The normalized spacial score (nSPS) is 11.0. The lowest BCUT2D eigenvalue weighted by molar-refractivity contribution is 0.0526. The van der Waals surface area contributed by atoms with E-state index in [1.807, 2.05) is 0 Å². The van der Waals surface area contributed by atoms with Crippen LogP contribution >= 0.6 is 11.6 Å². The lowest BCUT2D eigenvalue weighted by atomic mass is 10.2. The summed E-state index contributed by atoms with van der Waals surface area (Å²) in [5.41, 5.74) is -0.737. The lowest BCUT2D eigenvalue weighted by Gasteiger charge is -2.19. The number of benzene rings is 1. The number of aliphatic hydroxyl groups excluding tert-OH is 1. The highest BCUT2D eigenvalue weighted by Crippen LogP contribution is 2.09. The van der Waals surface area contributed by atoms with E-state index in [0.29, 0.717) is 5.02 Å². The Morgan fingerprint density at radius 1 is 0.971 bits per heavy atom. The van der Waals surface area contributed by atoms with Crippen LogP contribution in [0, 0.1) is 0 Å². The Morgan fingerprint density at radius 3 is 2.24 bits per heavy atom. The molecular formula is C23H29ClN4O6. The molecule has 4 N–H and O–H groups in total. The number of hydrogen-bond acceptors (Lipinski definition) is 6. The van der Waals surface area contributed by atoms with E-state index < -0.39 is 35.7 Å². The minimum Gasteiger partial charge on any atom is -0.444 e. The summed E-state index contributed by atoms with van der Waals surface area (Å²) in [6, 6.07) is 9.48. The van der Waals surface area contributed by atoms with Crippen molar-refractivity contribution < 1.29 is 24.2 Å². The van der Waals surface area contributed by atoms with E-state index in [2.05, 4.69) is 16.0 Å². The van der Waals surface area contributed by atoms with Crippen molar-refractivity contribution in [3.05, 3.63) is 68.6 Å². The molecule has 0 fully saturated rings. The number of nitrogens with zero attached hydrogens (tertiary/aromatic N) is 1. The molecule has 1 aromatic heterocycles. The van der Waals surface area contributed by atoms with Crippen molar-refractivity contribution >= 4 is 29.5 Å². The molecule has 11 heteroatoms. The van der Waals surface area contributed by atoms with Crippen molar-refractivity contribution in [2.45, 2.75) is 39.5 Å². The van der Waals surface area contributed by atoms with Gasteiger partial charge in [-0.2, -0.15) is 0 Å². The first-order chi connectivity index (χ1) is 16.0. The van der Waals surface area contributed by atoms with E-state index in [9.17, 15) is 24.3 Å². The molecule has 0 saturated carbocycles. The maximum Gasteiger partial charge on any atom is 0.407 e. The molecule has 0 saturated heterocycles. The fraction of sp³-hybridized carbons (Fsp3) is 0.391. The van der Waals surface area contributed by atoms with Crippen molar-refractivity contribution in [3.8, 4) is 0 Å². The molecule has 3 amide bonds. The van der Waals surface area contributed by atoms with E-state index in [0.717, 1.165) is 10.1 Å². The van der Waals surface area contributed by atoms with Crippen LogP contribution in [0.15, 0.2) is 41.2 Å². The first-order valence-corrected chi connectivity index (χ1v) is 11.0. The molecule has 184 valence electrons. The van der Waals surface area contributed by atoms with Gasteiger partial charge in [0.2, 0.25) is 0 Å². The van der Waals surface area contributed by atoms with Crippen molar-refractivity contribution in [2.75, 3.05) is 19.7 Å². The molecule has 0 radical (unpaired) electrons. The number of halogens is 1. The molecule has 34 heavy (non-hydrogen) atoms. The molecule has 0 aliphatic carbocycles. The molecule has 0 aliphatic heterocycles. The summed E-state index contributed by atoms with van der Waals surface area (Å²) in [4.78, 5) is 49.6. The Hall–Kier alpha value is -3.37. The molecule has 0 atom stereocenters.